The summed E-state index contributed by atoms with van der Waals surface area (Å²) in [6.45, 7) is 4.17. The Morgan fingerprint density at radius 3 is 2.47 bits per heavy atom. The number of rotatable bonds is 3. The molecule has 0 aromatic heterocycles. The molecule has 2 amide bonds. The van der Waals surface area contributed by atoms with E-state index >= 15 is 0 Å². The molecule has 0 saturated heterocycles. The predicted octanol–water partition coefficient (Wildman–Crippen LogP) is 1.54. The highest BCUT2D eigenvalue weighted by molar-refractivity contribution is 5.79. The number of urea groups is 1. The van der Waals surface area contributed by atoms with Gasteiger partial charge in [-0.15, -0.1) is 0 Å². The van der Waals surface area contributed by atoms with E-state index in [0.717, 1.165) is 19.3 Å². The number of nitrogens with zero attached hydrogens (tertiary/aromatic N) is 1. The zero-order chi connectivity index (χ0) is 13.0. The Morgan fingerprint density at radius 2 is 1.94 bits per heavy atom. The van der Waals surface area contributed by atoms with E-state index < -0.39 is 5.97 Å². The Balaban J connectivity index is 2.38. The summed E-state index contributed by atoms with van der Waals surface area (Å²) in [5.74, 6) is 0.326. The van der Waals surface area contributed by atoms with Crippen molar-refractivity contribution < 1.29 is 14.7 Å². The summed E-state index contributed by atoms with van der Waals surface area (Å²) in [5.41, 5.74) is 0. The number of likely N-dealkylation sites (N-methyl/N-ethyl adjacent to an activating group) is 1. The van der Waals surface area contributed by atoms with Crippen LogP contribution in [0.15, 0.2) is 0 Å². The molecule has 3 unspecified atom stereocenters. The molecular weight excluding hydrogens is 220 g/mol. The minimum absolute atomic E-state index is 0.185. The van der Waals surface area contributed by atoms with Crippen LogP contribution >= 0.6 is 0 Å². The van der Waals surface area contributed by atoms with Crippen LogP contribution in [0.2, 0.25) is 0 Å². The quantitative estimate of drug-likeness (QED) is 0.788. The van der Waals surface area contributed by atoms with E-state index in [1.807, 2.05) is 0 Å². The number of nitrogens with one attached hydrogen (secondary N) is 1. The monoisotopic (exact) mass is 242 g/mol. The van der Waals surface area contributed by atoms with Crippen LogP contribution in [0.25, 0.3) is 0 Å². The average molecular weight is 242 g/mol. The number of hydrogen-bond donors (Lipinski definition) is 2. The molecule has 2 N–H and O–H groups in total. The summed E-state index contributed by atoms with van der Waals surface area (Å²) < 4.78 is 0. The van der Waals surface area contributed by atoms with E-state index in [2.05, 4.69) is 19.2 Å². The molecule has 5 heteroatoms. The van der Waals surface area contributed by atoms with E-state index in [-0.39, 0.29) is 18.6 Å². The van der Waals surface area contributed by atoms with Crippen molar-refractivity contribution in [3.8, 4) is 0 Å². The van der Waals surface area contributed by atoms with Gasteiger partial charge in [0.25, 0.3) is 0 Å². The fourth-order valence-electron chi connectivity index (χ4n) is 2.24. The second-order valence-electron chi connectivity index (χ2n) is 5.16. The van der Waals surface area contributed by atoms with Crippen molar-refractivity contribution in [2.75, 3.05) is 13.6 Å². The lowest BCUT2D eigenvalue weighted by molar-refractivity contribution is -0.137. The summed E-state index contributed by atoms with van der Waals surface area (Å²) in [7, 11) is 1.50. The predicted molar refractivity (Wildman–Crippen MR) is 64.8 cm³/mol. The Labute approximate surface area is 102 Å². The lowest BCUT2D eigenvalue weighted by atomic mass is 9.79. The highest BCUT2D eigenvalue weighted by atomic mass is 16.4. The smallest absolute Gasteiger partial charge is 0.323 e. The first-order chi connectivity index (χ1) is 7.90. The lowest BCUT2D eigenvalue weighted by Gasteiger charge is -2.33. The molecule has 1 rings (SSSR count). The van der Waals surface area contributed by atoms with Crippen LogP contribution in [-0.2, 0) is 4.79 Å². The normalized spacial score (nSPS) is 28.5. The van der Waals surface area contributed by atoms with Crippen molar-refractivity contribution in [2.24, 2.45) is 11.8 Å². The maximum atomic E-state index is 11.7. The van der Waals surface area contributed by atoms with Crippen LogP contribution in [0.5, 0.6) is 0 Å². The minimum atomic E-state index is -0.992. The van der Waals surface area contributed by atoms with Gasteiger partial charge in [-0.1, -0.05) is 13.8 Å². The molecule has 0 bridgehead atoms. The van der Waals surface area contributed by atoms with Gasteiger partial charge < -0.3 is 15.3 Å². The second kappa shape index (κ2) is 5.89. The zero-order valence-corrected chi connectivity index (χ0v) is 10.8. The largest absolute Gasteiger partial charge is 0.480 e. The number of carboxylic acid groups (broad SMARTS) is 1. The van der Waals surface area contributed by atoms with Gasteiger partial charge in [-0.2, -0.15) is 0 Å². The van der Waals surface area contributed by atoms with E-state index in [1.165, 1.54) is 11.9 Å². The molecule has 3 atom stereocenters. The van der Waals surface area contributed by atoms with Crippen molar-refractivity contribution in [3.63, 3.8) is 0 Å². The summed E-state index contributed by atoms with van der Waals surface area (Å²) in [6, 6.07) is -0.107. The molecule has 17 heavy (non-hydrogen) atoms. The molecule has 0 aromatic rings. The first-order valence-electron chi connectivity index (χ1n) is 6.13. The van der Waals surface area contributed by atoms with Crippen molar-refractivity contribution in [1.82, 2.24) is 10.2 Å². The topological polar surface area (TPSA) is 69.6 Å². The maximum Gasteiger partial charge on any atom is 0.323 e. The third-order valence-electron chi connectivity index (χ3n) is 3.64. The first-order valence-corrected chi connectivity index (χ1v) is 6.13. The van der Waals surface area contributed by atoms with Crippen LogP contribution < -0.4 is 5.32 Å². The van der Waals surface area contributed by atoms with E-state index in [9.17, 15) is 9.59 Å². The molecule has 0 heterocycles. The van der Waals surface area contributed by atoms with E-state index in [0.29, 0.717) is 11.8 Å². The van der Waals surface area contributed by atoms with Crippen molar-refractivity contribution in [3.05, 3.63) is 0 Å². The van der Waals surface area contributed by atoms with Crippen molar-refractivity contribution in [2.45, 2.75) is 39.2 Å². The van der Waals surface area contributed by atoms with Gasteiger partial charge in [-0.05, 0) is 31.1 Å². The van der Waals surface area contributed by atoms with Gasteiger partial charge in [0.1, 0.15) is 6.54 Å². The molecule has 0 aliphatic heterocycles. The van der Waals surface area contributed by atoms with Crippen LogP contribution in [0, 0.1) is 11.8 Å². The lowest BCUT2D eigenvalue weighted by Crippen LogP contribution is -2.46. The van der Waals surface area contributed by atoms with Crippen molar-refractivity contribution in [1.29, 1.82) is 0 Å². The number of amides is 2. The summed E-state index contributed by atoms with van der Waals surface area (Å²) >= 11 is 0. The van der Waals surface area contributed by atoms with Crippen molar-refractivity contribution >= 4 is 12.0 Å². The summed E-state index contributed by atoms with van der Waals surface area (Å²) in [4.78, 5) is 23.4. The number of carboxylic acids is 1. The second-order valence-corrected chi connectivity index (χ2v) is 5.16. The Morgan fingerprint density at radius 1 is 1.29 bits per heavy atom. The molecule has 1 saturated carbocycles. The number of hydrogen-bond acceptors (Lipinski definition) is 2. The maximum absolute atomic E-state index is 11.7. The van der Waals surface area contributed by atoms with Crippen LogP contribution in [-0.4, -0.2) is 41.6 Å². The molecular formula is C12H22N2O3. The molecule has 0 radical (unpaired) electrons. The Hall–Kier alpha value is -1.26. The molecule has 0 aromatic carbocycles. The third kappa shape index (κ3) is 4.24. The van der Waals surface area contributed by atoms with Gasteiger partial charge in [0.15, 0.2) is 0 Å². The third-order valence-corrected chi connectivity index (χ3v) is 3.64. The van der Waals surface area contributed by atoms with Gasteiger partial charge in [-0.3, -0.25) is 4.79 Å². The highest BCUT2D eigenvalue weighted by Crippen LogP contribution is 2.29. The average Bonchev–Trinajstić information content (AvgIpc) is 2.22. The zero-order valence-electron chi connectivity index (χ0n) is 10.8. The van der Waals surface area contributed by atoms with Gasteiger partial charge in [0, 0.05) is 13.1 Å². The summed E-state index contributed by atoms with van der Waals surface area (Å²) in [5, 5.41) is 11.5. The Bertz CT molecular complexity index is 293. The molecule has 1 fully saturated rings. The van der Waals surface area contributed by atoms with Crippen LogP contribution in [0.3, 0.4) is 0 Å². The molecule has 0 spiro atoms. The summed E-state index contributed by atoms with van der Waals surface area (Å²) in [6.07, 6.45) is 3.08. The van der Waals surface area contributed by atoms with Crippen LogP contribution in [0.1, 0.15) is 33.1 Å². The Kier molecular flexibility index (Phi) is 4.78. The van der Waals surface area contributed by atoms with Gasteiger partial charge in [0.05, 0.1) is 0 Å². The molecule has 98 valence electrons. The first kappa shape index (κ1) is 13.8. The highest BCUT2D eigenvalue weighted by Gasteiger charge is 2.26. The van der Waals surface area contributed by atoms with E-state index in [1.54, 1.807) is 0 Å². The standard InChI is InChI=1S/C12H22N2O3/c1-8-4-5-10(6-9(8)2)13-12(17)14(3)7-11(15)16/h8-10H,4-7H2,1-3H3,(H,13,17)(H,15,16). The van der Waals surface area contributed by atoms with Crippen LogP contribution in [0.4, 0.5) is 4.79 Å². The van der Waals surface area contributed by atoms with E-state index in [4.69, 9.17) is 5.11 Å². The minimum Gasteiger partial charge on any atom is -0.480 e. The number of carbonyl (C=O) groups is 2. The SMILES string of the molecule is CC1CCC(NC(=O)N(C)CC(=O)O)CC1C. The fraction of sp³-hybridized carbons (Fsp3) is 0.833. The molecule has 5 nitrogen and oxygen atoms in total. The molecule has 1 aliphatic carbocycles. The fourth-order valence-corrected chi connectivity index (χ4v) is 2.24. The van der Waals surface area contributed by atoms with Gasteiger partial charge in [0.2, 0.25) is 0 Å². The molecule has 1 aliphatic rings. The van der Waals surface area contributed by atoms with Gasteiger partial charge >= 0.3 is 12.0 Å². The number of aliphatic carboxylic acids is 1. The number of carbonyl (C=O) groups excluding carboxylic acids is 1. The van der Waals surface area contributed by atoms with Gasteiger partial charge in [-0.25, -0.2) is 4.79 Å².